The van der Waals surface area contributed by atoms with Crippen LogP contribution < -0.4 is 5.32 Å². The third-order valence-corrected chi connectivity index (χ3v) is 10.8. The molecular weight excluding hydrogens is 743 g/mol. The Balaban J connectivity index is 2.21. The first-order chi connectivity index (χ1) is 28.8. The largest absolute Gasteiger partial charge is 0.394 e. The third-order valence-electron chi connectivity index (χ3n) is 10.8. The van der Waals surface area contributed by atoms with Gasteiger partial charge in [0.2, 0.25) is 5.91 Å². The molecule has 1 amide bonds. The van der Waals surface area contributed by atoms with Crippen LogP contribution in [0.4, 0.5) is 0 Å². The molecular formula is C50H87NO8. The summed E-state index contributed by atoms with van der Waals surface area (Å²) in [5.74, 6) is -0.199. The zero-order valence-corrected chi connectivity index (χ0v) is 37.2. The van der Waals surface area contributed by atoms with E-state index in [9.17, 15) is 30.3 Å². The van der Waals surface area contributed by atoms with Gasteiger partial charge in [0.25, 0.3) is 0 Å². The van der Waals surface area contributed by atoms with Crippen LogP contribution >= 0.6 is 0 Å². The highest BCUT2D eigenvalue weighted by atomic mass is 16.7. The summed E-state index contributed by atoms with van der Waals surface area (Å²) in [5.41, 5.74) is 0. The number of allylic oxidation sites excluding steroid dienone is 11. The standard InChI is InChI=1S/C50H87NO8/c1-3-5-7-9-11-13-14-15-16-17-18-19-20-21-22-23-24-25-26-27-28-29-30-32-34-36-38-40-46(54)51-43(44(53)39-37-35-33-31-12-10-8-6-4-2)42-58-50-49(57)48(56)47(55)45(41-52)59-50/h4,6,12,14-15,17-18,20-21,31,37,39,43-45,47-50,52-53,55-57H,3,5,7-11,13,16,19,22-30,32-36,38,40-42H2,1-2H3,(H,51,54)/b6-4+,15-14-,18-17-,21-20-,31-12+,39-37+. The van der Waals surface area contributed by atoms with Crippen LogP contribution in [0.5, 0.6) is 0 Å². The lowest BCUT2D eigenvalue weighted by Gasteiger charge is -2.40. The van der Waals surface area contributed by atoms with Crippen LogP contribution in [0.15, 0.2) is 72.9 Å². The number of carbonyl (C=O) groups is 1. The van der Waals surface area contributed by atoms with E-state index in [2.05, 4.69) is 66.9 Å². The molecule has 0 aromatic rings. The number of nitrogens with one attached hydrogen (secondary N) is 1. The number of carbonyl (C=O) groups excluding carboxylic acids is 1. The lowest BCUT2D eigenvalue weighted by atomic mass is 9.99. The van der Waals surface area contributed by atoms with Crippen LogP contribution in [0.2, 0.25) is 0 Å². The first-order valence-corrected chi connectivity index (χ1v) is 23.6. The summed E-state index contributed by atoms with van der Waals surface area (Å²) >= 11 is 0. The second-order valence-corrected chi connectivity index (χ2v) is 16.2. The summed E-state index contributed by atoms with van der Waals surface area (Å²) in [7, 11) is 0. The smallest absolute Gasteiger partial charge is 0.220 e. The highest BCUT2D eigenvalue weighted by Crippen LogP contribution is 2.22. The maximum absolute atomic E-state index is 12.9. The number of amides is 1. The highest BCUT2D eigenvalue weighted by Gasteiger charge is 2.44. The molecule has 1 heterocycles. The molecule has 0 radical (unpaired) electrons. The zero-order valence-electron chi connectivity index (χ0n) is 37.2. The molecule has 1 aliphatic heterocycles. The average molecular weight is 830 g/mol. The second kappa shape index (κ2) is 39.7. The van der Waals surface area contributed by atoms with E-state index in [1.165, 1.54) is 103 Å². The number of hydrogen-bond acceptors (Lipinski definition) is 8. The van der Waals surface area contributed by atoms with Crippen LogP contribution in [0, 0.1) is 0 Å². The number of unbranched alkanes of at least 4 members (excludes halogenated alkanes) is 19. The molecule has 0 saturated carbocycles. The Kier molecular flexibility index (Phi) is 36.8. The van der Waals surface area contributed by atoms with Gasteiger partial charge in [0, 0.05) is 6.42 Å². The molecule has 1 aliphatic rings. The van der Waals surface area contributed by atoms with Gasteiger partial charge in [-0.15, -0.1) is 0 Å². The van der Waals surface area contributed by atoms with E-state index >= 15 is 0 Å². The monoisotopic (exact) mass is 830 g/mol. The van der Waals surface area contributed by atoms with Crippen molar-refractivity contribution in [3.05, 3.63) is 72.9 Å². The van der Waals surface area contributed by atoms with E-state index < -0.39 is 49.5 Å². The number of ether oxygens (including phenoxy) is 2. The minimum Gasteiger partial charge on any atom is -0.394 e. The Morgan fingerprint density at radius 1 is 0.610 bits per heavy atom. The summed E-state index contributed by atoms with van der Waals surface area (Å²) in [6, 6.07) is -0.830. The number of aliphatic hydroxyl groups is 5. The van der Waals surface area contributed by atoms with Crippen molar-refractivity contribution in [2.45, 2.75) is 224 Å². The number of aliphatic hydroxyl groups excluding tert-OH is 5. The fourth-order valence-electron chi connectivity index (χ4n) is 7.02. The fourth-order valence-corrected chi connectivity index (χ4v) is 7.02. The van der Waals surface area contributed by atoms with Crippen molar-refractivity contribution in [2.24, 2.45) is 0 Å². The molecule has 1 fully saturated rings. The van der Waals surface area contributed by atoms with Gasteiger partial charge < -0.3 is 40.3 Å². The summed E-state index contributed by atoms with van der Waals surface area (Å²) in [5, 5.41) is 54.0. The Morgan fingerprint density at radius 3 is 1.63 bits per heavy atom. The molecule has 0 aromatic carbocycles. The van der Waals surface area contributed by atoms with Crippen molar-refractivity contribution in [3.63, 3.8) is 0 Å². The van der Waals surface area contributed by atoms with E-state index in [1.807, 2.05) is 19.1 Å². The summed E-state index contributed by atoms with van der Waals surface area (Å²) in [6.45, 7) is 3.49. The molecule has 7 unspecified atom stereocenters. The predicted octanol–water partition coefficient (Wildman–Crippen LogP) is 10.2. The lowest BCUT2D eigenvalue weighted by molar-refractivity contribution is -0.302. The third kappa shape index (κ3) is 30.3. The van der Waals surface area contributed by atoms with Crippen molar-refractivity contribution >= 4 is 5.91 Å². The summed E-state index contributed by atoms with van der Waals surface area (Å²) < 4.78 is 11.2. The fraction of sp³-hybridized carbons (Fsp3) is 0.740. The first-order valence-electron chi connectivity index (χ1n) is 23.6. The van der Waals surface area contributed by atoms with Gasteiger partial charge in [0.15, 0.2) is 6.29 Å². The molecule has 7 atom stereocenters. The van der Waals surface area contributed by atoms with Crippen LogP contribution in [0.25, 0.3) is 0 Å². The second-order valence-electron chi connectivity index (χ2n) is 16.2. The maximum atomic E-state index is 12.9. The Hall–Kier alpha value is -2.37. The van der Waals surface area contributed by atoms with Crippen LogP contribution in [-0.2, 0) is 14.3 Å². The van der Waals surface area contributed by atoms with Crippen molar-refractivity contribution < 1.29 is 39.8 Å². The van der Waals surface area contributed by atoms with Crippen LogP contribution in [0.1, 0.15) is 181 Å². The van der Waals surface area contributed by atoms with E-state index in [-0.39, 0.29) is 12.5 Å². The Morgan fingerprint density at radius 2 is 1.08 bits per heavy atom. The number of rotatable bonds is 38. The predicted molar refractivity (Wildman–Crippen MR) is 244 cm³/mol. The normalized spacial score (nSPS) is 21.4. The number of hydrogen-bond donors (Lipinski definition) is 6. The molecule has 0 spiro atoms. The Bertz CT molecular complexity index is 1150. The molecule has 59 heavy (non-hydrogen) atoms. The topological polar surface area (TPSA) is 149 Å². The van der Waals surface area contributed by atoms with Gasteiger partial charge in [-0.3, -0.25) is 4.79 Å². The molecule has 0 aromatic heterocycles. The highest BCUT2D eigenvalue weighted by molar-refractivity contribution is 5.76. The van der Waals surface area contributed by atoms with E-state index in [0.29, 0.717) is 6.42 Å². The molecule has 6 N–H and O–H groups in total. The molecule has 1 rings (SSSR count). The van der Waals surface area contributed by atoms with Gasteiger partial charge >= 0.3 is 0 Å². The SMILES string of the molecule is C/C=C/CC/C=C/CC/C=C/C(O)C(COC1OC(CO)C(O)C(O)C1O)NC(=O)CCCCCCCCCCCCCC/C=C\C/C=C\C/C=C\CCCCCCC. The molecule has 1 saturated heterocycles. The van der Waals surface area contributed by atoms with Gasteiger partial charge in [-0.05, 0) is 77.6 Å². The van der Waals surface area contributed by atoms with Crippen molar-refractivity contribution in [1.29, 1.82) is 0 Å². The molecule has 340 valence electrons. The van der Waals surface area contributed by atoms with E-state index in [0.717, 1.165) is 57.8 Å². The van der Waals surface area contributed by atoms with Gasteiger partial charge in [0.1, 0.15) is 24.4 Å². The minimum absolute atomic E-state index is 0.199. The van der Waals surface area contributed by atoms with Gasteiger partial charge in [-0.2, -0.15) is 0 Å². The Labute approximate surface area is 359 Å². The quantitative estimate of drug-likeness (QED) is 0.0266. The lowest BCUT2D eigenvalue weighted by Crippen LogP contribution is -2.60. The van der Waals surface area contributed by atoms with Crippen molar-refractivity contribution in [1.82, 2.24) is 5.32 Å². The zero-order chi connectivity index (χ0) is 43.0. The van der Waals surface area contributed by atoms with Gasteiger partial charge in [-0.1, -0.05) is 170 Å². The molecule has 0 bridgehead atoms. The van der Waals surface area contributed by atoms with Crippen molar-refractivity contribution in [2.75, 3.05) is 13.2 Å². The average Bonchev–Trinajstić information content (AvgIpc) is 3.23. The van der Waals surface area contributed by atoms with Gasteiger partial charge in [0.05, 0.1) is 25.4 Å². The van der Waals surface area contributed by atoms with E-state index in [1.54, 1.807) is 6.08 Å². The van der Waals surface area contributed by atoms with Crippen LogP contribution in [-0.4, -0.2) is 87.5 Å². The summed E-state index contributed by atoms with van der Waals surface area (Å²) in [4.78, 5) is 12.9. The van der Waals surface area contributed by atoms with Crippen molar-refractivity contribution in [3.8, 4) is 0 Å². The molecule has 0 aliphatic carbocycles. The maximum Gasteiger partial charge on any atom is 0.220 e. The van der Waals surface area contributed by atoms with Gasteiger partial charge in [-0.25, -0.2) is 0 Å². The summed E-state index contributed by atoms with van der Waals surface area (Å²) in [6.07, 6.45) is 47.0. The molecule has 9 nitrogen and oxygen atoms in total. The van der Waals surface area contributed by atoms with E-state index in [4.69, 9.17) is 9.47 Å². The first kappa shape index (κ1) is 54.6. The van der Waals surface area contributed by atoms with Crippen LogP contribution in [0.3, 0.4) is 0 Å². The minimum atomic E-state index is -1.58. The molecule has 9 heteroatoms.